The summed E-state index contributed by atoms with van der Waals surface area (Å²) in [6.07, 6.45) is 1.29. The Morgan fingerprint density at radius 2 is 2.00 bits per heavy atom. The van der Waals surface area contributed by atoms with Crippen LogP contribution in [0, 0.1) is 13.8 Å². The quantitative estimate of drug-likeness (QED) is 0.743. The van der Waals surface area contributed by atoms with E-state index in [1.807, 2.05) is 25.1 Å². The van der Waals surface area contributed by atoms with Crippen molar-refractivity contribution in [1.82, 2.24) is 14.6 Å². The van der Waals surface area contributed by atoms with Crippen molar-refractivity contribution in [2.24, 2.45) is 0 Å². The molecule has 1 fully saturated rings. The van der Waals surface area contributed by atoms with Crippen LogP contribution in [0.25, 0.3) is 0 Å². The molecule has 1 N–H and O–H groups in total. The van der Waals surface area contributed by atoms with Crippen LogP contribution in [0.2, 0.25) is 5.15 Å². The van der Waals surface area contributed by atoms with Crippen molar-refractivity contribution < 1.29 is 13.2 Å². The van der Waals surface area contributed by atoms with E-state index in [0.29, 0.717) is 23.9 Å². The number of aryl methyl sites for hydroxylation is 2. The highest BCUT2D eigenvalue weighted by molar-refractivity contribution is 7.89. The van der Waals surface area contributed by atoms with Gasteiger partial charge in [0.2, 0.25) is 10.0 Å². The number of ether oxygens (including phenoxy) is 1. The maximum Gasteiger partial charge on any atom is 0.242 e. The van der Waals surface area contributed by atoms with Crippen molar-refractivity contribution in [2.75, 3.05) is 32.8 Å². The van der Waals surface area contributed by atoms with Crippen LogP contribution in [0.1, 0.15) is 22.7 Å². The van der Waals surface area contributed by atoms with Gasteiger partial charge < -0.3 is 4.74 Å². The summed E-state index contributed by atoms with van der Waals surface area (Å²) in [6.45, 7) is 6.87. The van der Waals surface area contributed by atoms with Gasteiger partial charge in [-0.25, -0.2) is 18.1 Å². The van der Waals surface area contributed by atoms with Crippen LogP contribution < -0.4 is 4.72 Å². The lowest BCUT2D eigenvalue weighted by atomic mass is 10.0. The van der Waals surface area contributed by atoms with Crippen LogP contribution in [0.15, 0.2) is 41.4 Å². The Morgan fingerprint density at radius 1 is 1.26 bits per heavy atom. The van der Waals surface area contributed by atoms with Crippen molar-refractivity contribution in [3.05, 3.63) is 58.4 Å². The first-order valence-corrected chi connectivity index (χ1v) is 10.7. The lowest BCUT2D eigenvalue weighted by Gasteiger charge is -2.35. The Kier molecular flexibility index (Phi) is 6.49. The third-order valence-electron chi connectivity index (χ3n) is 4.68. The second-order valence-corrected chi connectivity index (χ2v) is 8.83. The highest BCUT2D eigenvalue weighted by Gasteiger charge is 2.25. The second kappa shape index (κ2) is 8.67. The SMILES string of the molecule is Cc1cccc(C(CNS(=O)(=O)c2cnc(Cl)c(C)c2)N2CCOCC2)c1. The van der Waals surface area contributed by atoms with Crippen molar-refractivity contribution in [3.63, 3.8) is 0 Å². The Bertz CT molecular complexity index is 899. The van der Waals surface area contributed by atoms with Crippen LogP contribution in [0.3, 0.4) is 0 Å². The van der Waals surface area contributed by atoms with Crippen molar-refractivity contribution in [3.8, 4) is 0 Å². The van der Waals surface area contributed by atoms with Gasteiger partial charge in [-0.3, -0.25) is 4.90 Å². The first kappa shape index (κ1) is 20.2. The van der Waals surface area contributed by atoms with Gasteiger partial charge in [-0.1, -0.05) is 41.4 Å². The Hall–Kier alpha value is -1.51. The molecule has 1 unspecified atom stereocenters. The van der Waals surface area contributed by atoms with E-state index < -0.39 is 10.0 Å². The summed E-state index contributed by atoms with van der Waals surface area (Å²) in [5.74, 6) is 0. The predicted molar refractivity (Wildman–Crippen MR) is 105 cm³/mol. The van der Waals surface area contributed by atoms with Crippen LogP contribution in [0.5, 0.6) is 0 Å². The van der Waals surface area contributed by atoms with Gasteiger partial charge >= 0.3 is 0 Å². The highest BCUT2D eigenvalue weighted by atomic mass is 35.5. The molecule has 8 heteroatoms. The zero-order valence-corrected chi connectivity index (χ0v) is 17.1. The molecule has 0 aliphatic carbocycles. The predicted octanol–water partition coefficient (Wildman–Crippen LogP) is 2.70. The van der Waals surface area contributed by atoms with Gasteiger partial charge in [-0.15, -0.1) is 0 Å². The number of rotatable bonds is 6. The average Bonchev–Trinajstić information content (AvgIpc) is 2.65. The number of sulfonamides is 1. The van der Waals surface area contributed by atoms with Crippen LogP contribution in [-0.2, 0) is 14.8 Å². The molecule has 1 aliphatic rings. The third kappa shape index (κ3) is 5.06. The number of hydrogen-bond donors (Lipinski definition) is 1. The largest absolute Gasteiger partial charge is 0.379 e. The Morgan fingerprint density at radius 3 is 2.67 bits per heavy atom. The topological polar surface area (TPSA) is 71.5 Å². The molecular weight excluding hydrogens is 386 g/mol. The lowest BCUT2D eigenvalue weighted by Crippen LogP contribution is -2.43. The molecule has 0 spiro atoms. The highest BCUT2D eigenvalue weighted by Crippen LogP contribution is 2.23. The molecule has 1 aromatic heterocycles. The van der Waals surface area contributed by atoms with Gasteiger partial charge in [0.1, 0.15) is 10.0 Å². The van der Waals surface area contributed by atoms with Gasteiger partial charge in [-0.2, -0.15) is 0 Å². The van der Waals surface area contributed by atoms with E-state index in [1.165, 1.54) is 12.3 Å². The zero-order chi connectivity index (χ0) is 19.4. The average molecular weight is 410 g/mol. The van der Waals surface area contributed by atoms with Crippen molar-refractivity contribution in [2.45, 2.75) is 24.8 Å². The van der Waals surface area contributed by atoms with E-state index in [9.17, 15) is 8.42 Å². The molecule has 1 aliphatic heterocycles. The van der Waals surface area contributed by atoms with E-state index in [-0.39, 0.29) is 17.5 Å². The standard InChI is InChI=1S/C19H24ClN3O3S/c1-14-4-3-5-16(10-14)18(23-6-8-26-9-7-23)13-22-27(24,25)17-11-15(2)19(20)21-12-17/h3-5,10-12,18,22H,6-9,13H2,1-2H3. The molecule has 2 aromatic rings. The minimum absolute atomic E-state index is 0.0649. The van der Waals surface area contributed by atoms with Gasteiger partial charge in [0.05, 0.1) is 13.2 Å². The fourth-order valence-corrected chi connectivity index (χ4v) is 4.35. The third-order valence-corrected chi connectivity index (χ3v) is 6.47. The number of nitrogens with one attached hydrogen (secondary N) is 1. The molecule has 0 radical (unpaired) electrons. The van der Waals surface area contributed by atoms with Gasteiger partial charge in [0.15, 0.2) is 0 Å². The first-order chi connectivity index (χ1) is 12.9. The summed E-state index contributed by atoms with van der Waals surface area (Å²) in [5, 5.41) is 0.305. The van der Waals surface area contributed by atoms with E-state index in [4.69, 9.17) is 16.3 Å². The molecule has 2 heterocycles. The van der Waals surface area contributed by atoms with Gasteiger partial charge in [-0.05, 0) is 31.0 Å². The van der Waals surface area contributed by atoms with Gasteiger partial charge in [0, 0.05) is 31.9 Å². The van der Waals surface area contributed by atoms with Crippen LogP contribution in [0.4, 0.5) is 0 Å². The van der Waals surface area contributed by atoms with Crippen LogP contribution in [-0.4, -0.2) is 51.1 Å². The smallest absolute Gasteiger partial charge is 0.242 e. The fourth-order valence-electron chi connectivity index (χ4n) is 3.18. The normalized spacial score (nSPS) is 17.0. The van der Waals surface area contributed by atoms with E-state index in [1.54, 1.807) is 6.92 Å². The second-order valence-electron chi connectivity index (χ2n) is 6.71. The molecule has 1 aromatic carbocycles. The number of hydrogen-bond acceptors (Lipinski definition) is 5. The zero-order valence-electron chi connectivity index (χ0n) is 15.5. The van der Waals surface area contributed by atoms with Crippen LogP contribution >= 0.6 is 11.6 Å². The molecule has 1 saturated heterocycles. The molecular formula is C19H24ClN3O3S. The number of pyridine rings is 1. The number of halogens is 1. The molecule has 0 saturated carbocycles. The number of morpholine rings is 1. The molecule has 146 valence electrons. The molecule has 0 bridgehead atoms. The Balaban J connectivity index is 1.82. The molecule has 3 rings (SSSR count). The summed E-state index contributed by atoms with van der Waals surface area (Å²) in [6, 6.07) is 9.64. The van der Waals surface area contributed by atoms with E-state index >= 15 is 0 Å². The fraction of sp³-hybridized carbons (Fsp3) is 0.421. The number of aromatic nitrogens is 1. The maximum absolute atomic E-state index is 12.7. The van der Waals surface area contributed by atoms with Crippen molar-refractivity contribution in [1.29, 1.82) is 0 Å². The molecule has 27 heavy (non-hydrogen) atoms. The molecule has 0 amide bonds. The summed E-state index contributed by atoms with van der Waals surface area (Å²) < 4.78 is 33.7. The monoisotopic (exact) mass is 409 g/mol. The Labute approximate surface area is 165 Å². The number of nitrogens with zero attached hydrogens (tertiary/aromatic N) is 2. The van der Waals surface area contributed by atoms with E-state index in [2.05, 4.69) is 20.7 Å². The first-order valence-electron chi connectivity index (χ1n) is 8.87. The molecule has 6 nitrogen and oxygen atoms in total. The summed E-state index contributed by atoms with van der Waals surface area (Å²) in [4.78, 5) is 6.33. The minimum Gasteiger partial charge on any atom is -0.379 e. The van der Waals surface area contributed by atoms with E-state index in [0.717, 1.165) is 24.2 Å². The summed E-state index contributed by atoms with van der Waals surface area (Å²) in [5.41, 5.74) is 2.86. The minimum atomic E-state index is -3.68. The number of benzene rings is 1. The van der Waals surface area contributed by atoms with Crippen molar-refractivity contribution >= 4 is 21.6 Å². The molecule has 1 atom stereocenters. The van der Waals surface area contributed by atoms with Gasteiger partial charge in [0.25, 0.3) is 0 Å². The maximum atomic E-state index is 12.7. The summed E-state index contributed by atoms with van der Waals surface area (Å²) >= 11 is 5.91. The lowest BCUT2D eigenvalue weighted by molar-refractivity contribution is 0.0172. The summed E-state index contributed by atoms with van der Waals surface area (Å²) in [7, 11) is -3.68.